The van der Waals surface area contributed by atoms with Crippen LogP contribution in [-0.2, 0) is 15.8 Å². The number of imide groups is 1. The average Bonchev–Trinajstić information content (AvgIpc) is 3.16. The first-order chi connectivity index (χ1) is 26.3. The lowest BCUT2D eigenvalue weighted by Crippen LogP contribution is -2.44. The van der Waals surface area contributed by atoms with Crippen LogP contribution in [0.1, 0.15) is 87.3 Å². The topological polar surface area (TPSA) is 106 Å². The summed E-state index contributed by atoms with van der Waals surface area (Å²) in [5, 5.41) is 6.19. The largest absolute Gasteiger partial charge is 0.421 e. The van der Waals surface area contributed by atoms with Gasteiger partial charge in [0.15, 0.2) is 0 Å². The van der Waals surface area contributed by atoms with Gasteiger partial charge in [0.05, 0.1) is 16.6 Å². The summed E-state index contributed by atoms with van der Waals surface area (Å²) in [6.07, 6.45) is 5.55. The van der Waals surface area contributed by atoms with Crippen LogP contribution in [0, 0.1) is 12.8 Å². The number of aromatic nitrogens is 2. The van der Waals surface area contributed by atoms with Crippen molar-refractivity contribution < 1.29 is 22.8 Å². The second-order valence-corrected chi connectivity index (χ2v) is 16.6. The van der Waals surface area contributed by atoms with Crippen molar-refractivity contribution in [3.05, 3.63) is 64.3 Å². The summed E-state index contributed by atoms with van der Waals surface area (Å²) in [4.78, 5) is 38.9. The van der Waals surface area contributed by atoms with Gasteiger partial charge in [-0.05, 0) is 105 Å². The molecular weight excluding hydrogens is 749 g/mol. The summed E-state index contributed by atoms with van der Waals surface area (Å²) in [7, 11) is 2.12. The van der Waals surface area contributed by atoms with Gasteiger partial charge < -0.3 is 20.0 Å². The Morgan fingerprint density at radius 1 is 0.927 bits per heavy atom. The molecule has 2 aromatic carbocycles. The van der Waals surface area contributed by atoms with E-state index in [1.165, 1.54) is 32.1 Å². The minimum atomic E-state index is -4.49. The van der Waals surface area contributed by atoms with Crippen LogP contribution in [0.15, 0.2) is 47.5 Å². The number of carbonyl (C=O) groups excluding carboxylic acids is 2. The summed E-state index contributed by atoms with van der Waals surface area (Å²) >= 11 is 8.08. The molecule has 2 unspecified atom stereocenters. The van der Waals surface area contributed by atoms with Crippen LogP contribution in [0.2, 0.25) is 5.02 Å². The van der Waals surface area contributed by atoms with Crippen molar-refractivity contribution >= 4 is 58.5 Å². The van der Waals surface area contributed by atoms with Crippen LogP contribution < -0.4 is 25.2 Å². The number of alkyl halides is 3. The average molecular weight is 801 g/mol. The molecule has 15 heteroatoms. The molecule has 55 heavy (non-hydrogen) atoms. The number of hydrogen-bond donors (Lipinski definition) is 3. The lowest BCUT2D eigenvalue weighted by atomic mass is 9.90. The number of amides is 2. The number of halogens is 4. The predicted octanol–water partition coefficient (Wildman–Crippen LogP) is 8.33. The van der Waals surface area contributed by atoms with E-state index in [0.29, 0.717) is 42.9 Å². The summed E-state index contributed by atoms with van der Waals surface area (Å²) in [6.45, 7) is 9.12. The van der Waals surface area contributed by atoms with Crippen molar-refractivity contribution in [2.75, 3.05) is 61.4 Å². The number of benzene rings is 2. The molecule has 4 aliphatic rings. The van der Waals surface area contributed by atoms with Crippen LogP contribution >= 0.6 is 23.5 Å². The molecule has 0 radical (unpaired) electrons. The zero-order valence-corrected chi connectivity index (χ0v) is 33.4. The van der Waals surface area contributed by atoms with Gasteiger partial charge in [0, 0.05) is 68.5 Å². The van der Waals surface area contributed by atoms with E-state index in [1.807, 2.05) is 37.3 Å². The van der Waals surface area contributed by atoms with Crippen molar-refractivity contribution in [1.82, 2.24) is 24.9 Å². The van der Waals surface area contributed by atoms with Gasteiger partial charge in [0.2, 0.25) is 17.8 Å². The molecule has 1 saturated carbocycles. The highest BCUT2D eigenvalue weighted by Crippen LogP contribution is 2.38. The van der Waals surface area contributed by atoms with Gasteiger partial charge in [0.25, 0.3) is 0 Å². The second-order valence-electron chi connectivity index (χ2n) is 15.3. The Morgan fingerprint density at radius 3 is 2.36 bits per heavy atom. The number of nitrogens with one attached hydrogen (secondary N) is 3. The number of likely N-dealkylation sites (N-methyl/N-ethyl adjacent to an activating group) is 1. The molecule has 1 aromatic heterocycles. The monoisotopic (exact) mass is 800 g/mol. The Balaban J connectivity index is 0.000000203. The Morgan fingerprint density at radius 2 is 1.69 bits per heavy atom. The highest BCUT2D eigenvalue weighted by atomic mass is 35.5. The minimum Gasteiger partial charge on any atom is -0.368 e. The van der Waals surface area contributed by atoms with E-state index < -0.39 is 11.7 Å². The van der Waals surface area contributed by atoms with Gasteiger partial charge in [-0.1, -0.05) is 43.9 Å². The van der Waals surface area contributed by atoms with Crippen LogP contribution in [0.4, 0.5) is 36.3 Å². The van der Waals surface area contributed by atoms with Crippen LogP contribution in [0.5, 0.6) is 0 Å². The molecule has 0 bridgehead atoms. The molecule has 0 spiro atoms. The molecule has 2 amide bonds. The molecule has 4 heterocycles. The molecule has 3 saturated heterocycles. The molecular formula is C40H52ClF3N8O2S. The van der Waals surface area contributed by atoms with E-state index in [0.717, 1.165) is 72.6 Å². The fourth-order valence-corrected chi connectivity index (χ4v) is 8.86. The summed E-state index contributed by atoms with van der Waals surface area (Å²) in [5.41, 5.74) is 2.90. The molecule has 3 N–H and O–H groups in total. The Bertz CT molecular complexity index is 1800. The van der Waals surface area contributed by atoms with Gasteiger partial charge in [-0.15, -0.1) is 0 Å². The second kappa shape index (κ2) is 18.6. The van der Waals surface area contributed by atoms with E-state index >= 15 is 0 Å². The first-order valence-electron chi connectivity index (χ1n) is 19.4. The molecule has 298 valence electrons. The van der Waals surface area contributed by atoms with Gasteiger partial charge in [-0.25, -0.2) is 4.98 Å². The van der Waals surface area contributed by atoms with Gasteiger partial charge >= 0.3 is 6.18 Å². The number of piperazine rings is 1. The van der Waals surface area contributed by atoms with Crippen molar-refractivity contribution in [2.24, 2.45) is 5.92 Å². The first-order valence-corrected chi connectivity index (χ1v) is 20.6. The van der Waals surface area contributed by atoms with E-state index in [2.05, 4.69) is 55.2 Å². The maximum absolute atomic E-state index is 13.6. The zero-order chi connectivity index (χ0) is 39.1. The minimum absolute atomic E-state index is 0.0342. The van der Waals surface area contributed by atoms with Crippen molar-refractivity contribution in [3.8, 4) is 0 Å². The van der Waals surface area contributed by atoms with Gasteiger partial charge in [0.1, 0.15) is 11.4 Å². The number of nitrogens with zero attached hydrogens (tertiary/aromatic N) is 5. The third-order valence-corrected chi connectivity index (χ3v) is 12.1. The fraction of sp³-hybridized carbons (Fsp3) is 0.550. The lowest BCUT2D eigenvalue weighted by molar-refractivity contribution is -0.138. The van der Waals surface area contributed by atoms with Gasteiger partial charge in [-0.2, -0.15) is 18.2 Å². The quantitative estimate of drug-likeness (QED) is 0.152. The molecule has 1 aliphatic carbocycles. The smallest absolute Gasteiger partial charge is 0.368 e. The fourth-order valence-electron chi connectivity index (χ4n) is 7.64. The van der Waals surface area contributed by atoms with Crippen LogP contribution in [0.25, 0.3) is 0 Å². The first kappa shape index (κ1) is 41.1. The van der Waals surface area contributed by atoms with Crippen molar-refractivity contribution in [2.45, 2.75) is 94.7 Å². The molecule has 3 aromatic rings. The summed E-state index contributed by atoms with van der Waals surface area (Å²) in [5.74, 6) is -0.216. The summed E-state index contributed by atoms with van der Waals surface area (Å²) in [6, 6.07) is 12.4. The third kappa shape index (κ3) is 11.0. The van der Waals surface area contributed by atoms with E-state index in [4.69, 9.17) is 11.6 Å². The van der Waals surface area contributed by atoms with Crippen molar-refractivity contribution in [1.29, 1.82) is 0 Å². The maximum atomic E-state index is 13.6. The number of piperidine rings is 2. The van der Waals surface area contributed by atoms with Crippen LogP contribution in [0.3, 0.4) is 0 Å². The van der Waals surface area contributed by atoms with Gasteiger partial charge in [-0.3, -0.25) is 19.6 Å². The van der Waals surface area contributed by atoms with E-state index in [9.17, 15) is 22.8 Å². The number of carbonyl (C=O) groups is 2. The molecule has 7 rings (SSSR count). The number of aryl methyl sites for hydroxylation is 1. The third-order valence-electron chi connectivity index (χ3n) is 10.9. The standard InChI is InChI=1S/C24H32F3N5S.C16H20ClN3O2/c1-16-7-6-12-32(15-16)22-20(24(25,26)27)14-28-23(30-22)29-21-11-10-19(13-17(21)2)33-31-18-8-4-3-5-9-18;1-19-6-8-20(9-7-19)14-4-2-11(10-13(14)17)12-3-5-15(21)18-16(12)22/h10-11,13-14,16,18,31H,3-9,12,15H2,1-2H3,(H,28,29,30);2,4,10,12H,3,5-9H2,1H3,(H,18,21,22). The Kier molecular flexibility index (Phi) is 13.9. The SMILES string of the molecule is CN1CCN(c2ccc(C3CCC(=O)NC3=O)cc2Cl)CC1.Cc1cc(SNC2CCCCC2)ccc1Nc1ncc(C(F)(F)F)c(N2CCCC(C)C2)n1. The number of rotatable bonds is 8. The Labute approximate surface area is 331 Å². The predicted molar refractivity (Wildman–Crippen MR) is 214 cm³/mol. The number of hydrogen-bond acceptors (Lipinski definition) is 10. The lowest BCUT2D eigenvalue weighted by Gasteiger charge is -2.34. The van der Waals surface area contributed by atoms with E-state index in [-0.39, 0.29) is 29.5 Å². The molecule has 4 fully saturated rings. The summed E-state index contributed by atoms with van der Waals surface area (Å²) < 4.78 is 44.5. The molecule has 3 aliphatic heterocycles. The van der Waals surface area contributed by atoms with E-state index in [1.54, 1.807) is 16.8 Å². The molecule has 2 atom stereocenters. The number of anilines is 4. The highest BCUT2D eigenvalue weighted by Gasteiger charge is 2.37. The Hall–Kier alpha value is -3.59. The van der Waals surface area contributed by atoms with Crippen molar-refractivity contribution in [3.63, 3.8) is 0 Å². The highest BCUT2D eigenvalue weighted by molar-refractivity contribution is 7.97. The zero-order valence-electron chi connectivity index (χ0n) is 31.9. The van der Waals surface area contributed by atoms with Crippen LogP contribution in [-0.4, -0.2) is 79.0 Å². The molecule has 10 nitrogen and oxygen atoms in total. The normalized spacial score (nSPS) is 21.5. The maximum Gasteiger partial charge on any atom is 0.421 e.